The largest absolute Gasteiger partial charge is 0.311 e. The third kappa shape index (κ3) is 6.19. The van der Waals surface area contributed by atoms with E-state index in [1.165, 1.54) is 11.1 Å². The first kappa shape index (κ1) is 26.9. The summed E-state index contributed by atoms with van der Waals surface area (Å²) in [4.78, 5) is 4.59. The fraction of sp³-hybridized carbons (Fsp3) is 0.0500. The Morgan fingerprint density at radius 3 is 1.17 bits per heavy atom. The van der Waals surface area contributed by atoms with Crippen LogP contribution in [0.5, 0.6) is 0 Å². The Hall–Kier alpha value is -5.34. The van der Waals surface area contributed by atoms with Gasteiger partial charge in [0.1, 0.15) is 0 Å². The zero-order chi connectivity index (χ0) is 28.7. The van der Waals surface area contributed by atoms with Gasteiger partial charge in [0.2, 0.25) is 0 Å². The molecule has 0 aliphatic heterocycles. The molecule has 0 aliphatic carbocycles. The number of hydrogen-bond acceptors (Lipinski definition) is 2. The molecule has 0 bridgehead atoms. The van der Waals surface area contributed by atoms with Crippen molar-refractivity contribution in [2.75, 3.05) is 9.80 Å². The van der Waals surface area contributed by atoms with Gasteiger partial charge in [-0.1, -0.05) is 103 Å². The van der Waals surface area contributed by atoms with Gasteiger partial charge in [-0.25, -0.2) is 0 Å². The molecule has 0 N–H and O–H groups in total. The van der Waals surface area contributed by atoms with Crippen LogP contribution in [0.3, 0.4) is 0 Å². The molecule has 0 unspecified atom stereocenters. The standard InChI is InChI=1S/C40H34N2/c1-31-16-24-37(25-17-31)42(40-15-9-10-32(2)30-40)39-28-22-34(23-29-39)19-18-33-20-26-38(27-21-33)41(35-11-5-3-6-12-35)36-13-7-4-8-14-36/h3-30H,1-2H3/b19-18+. The number of benzene rings is 6. The van der Waals surface area contributed by atoms with Crippen molar-refractivity contribution in [1.29, 1.82) is 0 Å². The van der Waals surface area contributed by atoms with E-state index in [0.717, 1.165) is 45.3 Å². The molecule has 204 valence electrons. The summed E-state index contributed by atoms with van der Waals surface area (Å²) < 4.78 is 0. The van der Waals surface area contributed by atoms with Crippen LogP contribution in [0.25, 0.3) is 12.2 Å². The topological polar surface area (TPSA) is 6.48 Å². The summed E-state index contributed by atoms with van der Waals surface area (Å²) in [6.07, 6.45) is 4.35. The first-order chi connectivity index (χ1) is 20.6. The first-order valence-corrected chi connectivity index (χ1v) is 14.4. The van der Waals surface area contributed by atoms with Crippen molar-refractivity contribution in [3.05, 3.63) is 180 Å². The fourth-order valence-electron chi connectivity index (χ4n) is 5.17. The molecule has 0 amide bonds. The predicted molar refractivity (Wildman–Crippen MR) is 181 cm³/mol. The van der Waals surface area contributed by atoms with E-state index in [-0.39, 0.29) is 0 Å². The molecule has 6 aromatic carbocycles. The summed E-state index contributed by atoms with van der Waals surface area (Å²) in [5, 5.41) is 0. The molecule has 0 heterocycles. The number of hydrogen-bond donors (Lipinski definition) is 0. The van der Waals surface area contributed by atoms with Crippen LogP contribution >= 0.6 is 0 Å². The van der Waals surface area contributed by atoms with Crippen LogP contribution in [0, 0.1) is 13.8 Å². The second kappa shape index (κ2) is 12.4. The van der Waals surface area contributed by atoms with Gasteiger partial charge in [-0.3, -0.25) is 0 Å². The van der Waals surface area contributed by atoms with Gasteiger partial charge in [-0.05, 0) is 103 Å². The molecule has 6 aromatic rings. The van der Waals surface area contributed by atoms with Gasteiger partial charge in [-0.2, -0.15) is 0 Å². The van der Waals surface area contributed by atoms with Gasteiger partial charge in [0.25, 0.3) is 0 Å². The summed E-state index contributed by atoms with van der Waals surface area (Å²) >= 11 is 0. The minimum absolute atomic E-state index is 1.13. The molecule has 0 radical (unpaired) electrons. The van der Waals surface area contributed by atoms with E-state index in [1.54, 1.807) is 0 Å². The molecule has 42 heavy (non-hydrogen) atoms. The summed E-state index contributed by atoms with van der Waals surface area (Å²) in [5.41, 5.74) is 11.6. The van der Waals surface area contributed by atoms with Gasteiger partial charge in [0.15, 0.2) is 0 Å². The molecule has 0 fully saturated rings. The van der Waals surface area contributed by atoms with Crippen LogP contribution in [0.4, 0.5) is 34.1 Å². The lowest BCUT2D eigenvalue weighted by molar-refractivity contribution is 1.26. The molecule has 0 spiro atoms. The highest BCUT2D eigenvalue weighted by Crippen LogP contribution is 2.36. The van der Waals surface area contributed by atoms with Gasteiger partial charge < -0.3 is 9.80 Å². The Morgan fingerprint density at radius 1 is 0.333 bits per heavy atom. The van der Waals surface area contributed by atoms with Gasteiger partial charge in [0, 0.05) is 34.1 Å². The highest BCUT2D eigenvalue weighted by molar-refractivity contribution is 5.80. The molecule has 0 saturated heterocycles. The second-order valence-electron chi connectivity index (χ2n) is 10.5. The second-order valence-corrected chi connectivity index (χ2v) is 10.5. The maximum Gasteiger partial charge on any atom is 0.0464 e. The Morgan fingerprint density at radius 2 is 0.714 bits per heavy atom. The predicted octanol–water partition coefficient (Wildman–Crippen LogP) is 11.4. The minimum Gasteiger partial charge on any atom is -0.311 e. The van der Waals surface area contributed by atoms with Crippen molar-refractivity contribution in [2.45, 2.75) is 13.8 Å². The van der Waals surface area contributed by atoms with Crippen molar-refractivity contribution < 1.29 is 0 Å². The molecule has 0 atom stereocenters. The third-order valence-corrected chi connectivity index (χ3v) is 7.35. The lowest BCUT2D eigenvalue weighted by atomic mass is 10.1. The summed E-state index contributed by atoms with van der Waals surface area (Å²) in [5.74, 6) is 0. The van der Waals surface area contributed by atoms with Crippen molar-refractivity contribution in [3.8, 4) is 0 Å². The van der Waals surface area contributed by atoms with Gasteiger partial charge >= 0.3 is 0 Å². The molecule has 0 saturated carbocycles. The van der Waals surface area contributed by atoms with E-state index in [1.807, 2.05) is 0 Å². The van der Waals surface area contributed by atoms with Crippen LogP contribution in [-0.2, 0) is 0 Å². The minimum atomic E-state index is 1.13. The maximum absolute atomic E-state index is 2.31. The summed E-state index contributed by atoms with van der Waals surface area (Å²) in [7, 11) is 0. The van der Waals surface area contributed by atoms with Crippen molar-refractivity contribution in [1.82, 2.24) is 0 Å². The van der Waals surface area contributed by atoms with E-state index < -0.39 is 0 Å². The average molecular weight is 543 g/mol. The summed E-state index contributed by atoms with van der Waals surface area (Å²) in [6.45, 7) is 4.26. The van der Waals surface area contributed by atoms with Crippen LogP contribution in [0.2, 0.25) is 0 Å². The molecule has 0 aromatic heterocycles. The number of rotatable bonds is 8. The Labute approximate surface area is 249 Å². The first-order valence-electron chi connectivity index (χ1n) is 14.4. The van der Waals surface area contributed by atoms with Crippen molar-refractivity contribution in [3.63, 3.8) is 0 Å². The third-order valence-electron chi connectivity index (χ3n) is 7.35. The van der Waals surface area contributed by atoms with E-state index in [4.69, 9.17) is 0 Å². The quantitative estimate of drug-likeness (QED) is 0.176. The fourth-order valence-corrected chi connectivity index (χ4v) is 5.17. The Bertz CT molecular complexity index is 1710. The monoisotopic (exact) mass is 542 g/mol. The number of nitrogens with zero attached hydrogens (tertiary/aromatic N) is 2. The summed E-state index contributed by atoms with van der Waals surface area (Å²) in [6, 6.07) is 55.8. The lowest BCUT2D eigenvalue weighted by Crippen LogP contribution is -2.10. The van der Waals surface area contributed by atoms with Crippen LogP contribution in [0.15, 0.2) is 158 Å². The molecular formula is C40H34N2. The van der Waals surface area contributed by atoms with Gasteiger partial charge in [-0.15, -0.1) is 0 Å². The van der Waals surface area contributed by atoms with Crippen molar-refractivity contribution >= 4 is 46.3 Å². The van der Waals surface area contributed by atoms with Gasteiger partial charge in [0.05, 0.1) is 0 Å². The van der Waals surface area contributed by atoms with Crippen LogP contribution < -0.4 is 9.80 Å². The highest BCUT2D eigenvalue weighted by Gasteiger charge is 2.13. The van der Waals surface area contributed by atoms with E-state index in [0.29, 0.717) is 0 Å². The normalized spacial score (nSPS) is 11.0. The van der Waals surface area contributed by atoms with Crippen molar-refractivity contribution in [2.24, 2.45) is 0 Å². The lowest BCUT2D eigenvalue weighted by Gasteiger charge is -2.26. The Balaban J connectivity index is 1.23. The number of para-hydroxylation sites is 2. The smallest absolute Gasteiger partial charge is 0.0464 e. The zero-order valence-corrected chi connectivity index (χ0v) is 24.1. The molecule has 0 aliphatic rings. The average Bonchev–Trinajstić information content (AvgIpc) is 3.04. The number of anilines is 6. The molecular weight excluding hydrogens is 508 g/mol. The molecule has 2 heteroatoms. The highest BCUT2D eigenvalue weighted by atomic mass is 15.1. The van der Waals surface area contributed by atoms with E-state index >= 15 is 0 Å². The van der Waals surface area contributed by atoms with E-state index in [9.17, 15) is 0 Å². The van der Waals surface area contributed by atoms with Crippen LogP contribution in [-0.4, -0.2) is 0 Å². The SMILES string of the molecule is Cc1ccc(N(c2ccc(/C=C/c3ccc(N(c4ccccc4)c4ccccc4)cc3)cc2)c2cccc(C)c2)cc1. The zero-order valence-electron chi connectivity index (χ0n) is 24.1. The molecule has 6 rings (SSSR count). The number of aryl methyl sites for hydroxylation is 2. The maximum atomic E-state index is 2.31. The van der Waals surface area contributed by atoms with E-state index in [2.05, 4.69) is 194 Å². The van der Waals surface area contributed by atoms with Crippen LogP contribution in [0.1, 0.15) is 22.3 Å². The molecule has 2 nitrogen and oxygen atoms in total. The Kier molecular flexibility index (Phi) is 7.96.